The lowest BCUT2D eigenvalue weighted by Gasteiger charge is -2.32. The van der Waals surface area contributed by atoms with Gasteiger partial charge in [-0.3, -0.25) is 0 Å². The minimum atomic E-state index is 0.358. The molecular weight excluding hydrogens is 308 g/mol. The van der Waals surface area contributed by atoms with Gasteiger partial charge in [-0.05, 0) is 50.2 Å². The van der Waals surface area contributed by atoms with Crippen LogP contribution in [0.15, 0.2) is 12.1 Å². The molecule has 0 aromatic carbocycles. The Balaban J connectivity index is 1.78. The quantitative estimate of drug-likeness (QED) is 0.726. The smallest absolute Gasteiger partial charge is 0.0671 e. The zero-order valence-corrected chi connectivity index (χ0v) is 13.4. The first-order chi connectivity index (χ1) is 8.77. The highest BCUT2D eigenvalue weighted by Gasteiger charge is 2.50. The van der Waals surface area contributed by atoms with Crippen LogP contribution in [0.1, 0.15) is 35.9 Å². The fraction of sp³-hybridized carbons (Fsp3) is 0.733. The van der Waals surface area contributed by atoms with Gasteiger partial charge in [0.05, 0.1) is 6.10 Å². The molecule has 2 aliphatic rings. The molecule has 1 aliphatic heterocycles. The highest BCUT2D eigenvalue weighted by atomic mass is 79.9. The number of ether oxygens (including phenoxy) is 1. The van der Waals surface area contributed by atoms with Crippen molar-refractivity contribution in [2.24, 2.45) is 11.3 Å². The summed E-state index contributed by atoms with van der Waals surface area (Å²) in [6, 6.07) is 4.63. The minimum Gasteiger partial charge on any atom is -0.377 e. The van der Waals surface area contributed by atoms with Crippen LogP contribution >= 0.6 is 27.3 Å². The minimum absolute atomic E-state index is 0.358. The maximum absolute atomic E-state index is 6.06. The third-order valence-corrected chi connectivity index (χ3v) is 6.76. The predicted octanol–water partition coefficient (Wildman–Crippen LogP) is 4.43. The van der Waals surface area contributed by atoms with Gasteiger partial charge in [-0.2, -0.15) is 0 Å². The van der Waals surface area contributed by atoms with Crippen LogP contribution in [0.3, 0.4) is 0 Å². The summed E-state index contributed by atoms with van der Waals surface area (Å²) in [6.45, 7) is 3.19. The van der Waals surface area contributed by atoms with E-state index in [1.165, 1.54) is 30.6 Å². The Labute approximate surface area is 122 Å². The number of hydrogen-bond donors (Lipinski definition) is 0. The molecule has 2 unspecified atom stereocenters. The Kier molecular flexibility index (Phi) is 3.84. The summed E-state index contributed by atoms with van der Waals surface area (Å²) >= 11 is 5.77. The van der Waals surface area contributed by atoms with Gasteiger partial charge >= 0.3 is 0 Å². The Morgan fingerprint density at radius 3 is 2.78 bits per heavy atom. The first-order valence-electron chi connectivity index (χ1n) is 7.02. The van der Waals surface area contributed by atoms with Crippen LogP contribution in [0.25, 0.3) is 0 Å². The molecule has 2 heterocycles. The number of halogens is 1. The standard InChI is InChI=1S/C15H21BrOS/c1-2-12-5-6-13(18-12)9-15(10-16)7-8-17-14(15)11-3-4-11/h5-6,11,14H,2-4,7-10H2,1H3. The number of rotatable bonds is 5. The van der Waals surface area contributed by atoms with E-state index < -0.39 is 0 Å². The summed E-state index contributed by atoms with van der Waals surface area (Å²) in [5, 5.41) is 1.08. The summed E-state index contributed by atoms with van der Waals surface area (Å²) in [4.78, 5) is 3.05. The van der Waals surface area contributed by atoms with E-state index in [1.807, 2.05) is 11.3 Å². The van der Waals surface area contributed by atoms with Crippen molar-refractivity contribution in [3.05, 3.63) is 21.9 Å². The molecule has 2 fully saturated rings. The number of alkyl halides is 1. The van der Waals surface area contributed by atoms with E-state index in [0.29, 0.717) is 11.5 Å². The van der Waals surface area contributed by atoms with E-state index in [2.05, 4.69) is 35.0 Å². The SMILES string of the molecule is CCc1ccc(CC2(CBr)CCOC2C2CC2)s1. The second-order valence-electron chi connectivity index (χ2n) is 5.77. The maximum atomic E-state index is 6.06. The molecule has 100 valence electrons. The number of thiophene rings is 1. The highest BCUT2D eigenvalue weighted by Crippen LogP contribution is 2.50. The Morgan fingerprint density at radius 2 is 2.17 bits per heavy atom. The normalized spacial score (nSPS) is 32.0. The van der Waals surface area contributed by atoms with Crippen molar-refractivity contribution in [3.8, 4) is 0 Å². The molecule has 0 bridgehead atoms. The summed E-state index contributed by atoms with van der Waals surface area (Å²) < 4.78 is 6.06. The molecule has 0 amide bonds. The molecule has 1 aromatic heterocycles. The number of hydrogen-bond acceptors (Lipinski definition) is 2. The summed E-state index contributed by atoms with van der Waals surface area (Å²) in [7, 11) is 0. The van der Waals surface area contributed by atoms with Gasteiger partial charge in [0.1, 0.15) is 0 Å². The molecule has 18 heavy (non-hydrogen) atoms. The van der Waals surface area contributed by atoms with Crippen LogP contribution in [0.5, 0.6) is 0 Å². The largest absolute Gasteiger partial charge is 0.377 e. The lowest BCUT2D eigenvalue weighted by atomic mass is 9.77. The second-order valence-corrected chi connectivity index (χ2v) is 7.59. The van der Waals surface area contributed by atoms with Gasteiger partial charge in [-0.1, -0.05) is 22.9 Å². The van der Waals surface area contributed by atoms with Crippen molar-refractivity contribution in [1.82, 2.24) is 0 Å². The van der Waals surface area contributed by atoms with E-state index in [0.717, 1.165) is 24.3 Å². The van der Waals surface area contributed by atoms with Crippen molar-refractivity contribution in [2.45, 2.75) is 45.1 Å². The second kappa shape index (κ2) is 5.26. The predicted molar refractivity (Wildman–Crippen MR) is 80.7 cm³/mol. The molecule has 1 aromatic rings. The Hall–Kier alpha value is 0.140. The van der Waals surface area contributed by atoms with Crippen LogP contribution < -0.4 is 0 Å². The average molecular weight is 329 g/mol. The molecule has 1 aliphatic carbocycles. The molecule has 0 radical (unpaired) electrons. The van der Waals surface area contributed by atoms with Crippen LogP contribution in [-0.4, -0.2) is 18.0 Å². The maximum Gasteiger partial charge on any atom is 0.0671 e. The van der Waals surface area contributed by atoms with E-state index in [-0.39, 0.29) is 0 Å². The van der Waals surface area contributed by atoms with Gasteiger partial charge in [0, 0.05) is 27.1 Å². The van der Waals surface area contributed by atoms with Crippen molar-refractivity contribution in [1.29, 1.82) is 0 Å². The molecule has 3 heteroatoms. The van der Waals surface area contributed by atoms with Crippen LogP contribution in [0.4, 0.5) is 0 Å². The van der Waals surface area contributed by atoms with Gasteiger partial charge in [0.2, 0.25) is 0 Å². The van der Waals surface area contributed by atoms with Crippen molar-refractivity contribution >= 4 is 27.3 Å². The molecule has 0 spiro atoms. The molecule has 2 atom stereocenters. The molecule has 1 saturated carbocycles. The molecular formula is C15H21BrOS. The van der Waals surface area contributed by atoms with Crippen LogP contribution in [0, 0.1) is 11.3 Å². The van der Waals surface area contributed by atoms with Gasteiger partial charge in [0.15, 0.2) is 0 Å². The third kappa shape index (κ3) is 2.41. The van der Waals surface area contributed by atoms with Crippen molar-refractivity contribution in [3.63, 3.8) is 0 Å². The first kappa shape index (κ1) is 13.1. The Bertz CT molecular complexity index is 412. The lowest BCUT2D eigenvalue weighted by molar-refractivity contribution is 0.0416. The molecule has 1 saturated heterocycles. The van der Waals surface area contributed by atoms with Crippen LogP contribution in [0.2, 0.25) is 0 Å². The van der Waals surface area contributed by atoms with Gasteiger partial charge in [0.25, 0.3) is 0 Å². The third-order valence-electron chi connectivity index (χ3n) is 4.41. The lowest BCUT2D eigenvalue weighted by Crippen LogP contribution is -2.36. The van der Waals surface area contributed by atoms with E-state index >= 15 is 0 Å². The number of aryl methyl sites for hydroxylation is 1. The van der Waals surface area contributed by atoms with Gasteiger partial charge < -0.3 is 4.74 Å². The average Bonchev–Trinajstić information content (AvgIpc) is 2.99. The molecule has 1 nitrogen and oxygen atoms in total. The summed E-state index contributed by atoms with van der Waals surface area (Å²) in [5.74, 6) is 0.843. The fourth-order valence-electron chi connectivity index (χ4n) is 3.18. The summed E-state index contributed by atoms with van der Waals surface area (Å²) in [6.07, 6.45) is 6.84. The van der Waals surface area contributed by atoms with Gasteiger partial charge in [-0.15, -0.1) is 11.3 Å². The highest BCUT2D eigenvalue weighted by molar-refractivity contribution is 9.09. The monoisotopic (exact) mass is 328 g/mol. The molecule has 3 rings (SSSR count). The first-order valence-corrected chi connectivity index (χ1v) is 8.96. The van der Waals surface area contributed by atoms with E-state index in [9.17, 15) is 0 Å². The van der Waals surface area contributed by atoms with Gasteiger partial charge in [-0.25, -0.2) is 0 Å². The Morgan fingerprint density at radius 1 is 1.39 bits per heavy atom. The fourth-order valence-corrected chi connectivity index (χ4v) is 5.09. The van der Waals surface area contributed by atoms with E-state index in [1.54, 1.807) is 4.88 Å². The topological polar surface area (TPSA) is 9.23 Å². The van der Waals surface area contributed by atoms with Crippen molar-refractivity contribution < 1.29 is 4.74 Å². The summed E-state index contributed by atoms with van der Waals surface area (Å²) in [5.41, 5.74) is 0.358. The van der Waals surface area contributed by atoms with E-state index in [4.69, 9.17) is 4.74 Å². The van der Waals surface area contributed by atoms with Crippen LogP contribution in [-0.2, 0) is 17.6 Å². The zero-order chi connectivity index (χ0) is 12.6. The zero-order valence-electron chi connectivity index (χ0n) is 11.0. The molecule has 0 N–H and O–H groups in total. The van der Waals surface area contributed by atoms with Crippen molar-refractivity contribution in [2.75, 3.05) is 11.9 Å².